The highest BCUT2D eigenvalue weighted by Crippen LogP contribution is 2.27. The van der Waals surface area contributed by atoms with Crippen LogP contribution in [0.3, 0.4) is 0 Å². The molecule has 0 amide bonds. The van der Waals surface area contributed by atoms with E-state index in [1.807, 2.05) is 18.2 Å². The molecule has 1 aliphatic rings. The van der Waals surface area contributed by atoms with Crippen molar-refractivity contribution in [3.8, 4) is 0 Å². The third kappa shape index (κ3) is 1.60. The summed E-state index contributed by atoms with van der Waals surface area (Å²) in [5, 5.41) is 5.12. The molecule has 1 aromatic rings. The Labute approximate surface area is 83.5 Å². The van der Waals surface area contributed by atoms with Crippen LogP contribution < -0.4 is 9.44 Å². The van der Waals surface area contributed by atoms with E-state index in [2.05, 4.69) is 0 Å². The van der Waals surface area contributed by atoms with Gasteiger partial charge in [-0.3, -0.25) is 4.31 Å². The summed E-state index contributed by atoms with van der Waals surface area (Å²) in [4.78, 5) is 0. The molecule has 0 radical (unpaired) electrons. The number of para-hydroxylation sites is 1. The lowest BCUT2D eigenvalue weighted by Crippen LogP contribution is -2.40. The summed E-state index contributed by atoms with van der Waals surface area (Å²) in [5.74, 6) is 0. The molecular formula is C9H12N2O2S. The van der Waals surface area contributed by atoms with Crippen LogP contribution in [0.15, 0.2) is 24.3 Å². The number of hydrogen-bond acceptors (Lipinski definition) is 2. The third-order valence-electron chi connectivity index (χ3n) is 2.37. The highest BCUT2D eigenvalue weighted by Gasteiger charge is 2.23. The molecule has 0 saturated heterocycles. The SMILES string of the molecule is NS(=O)(=O)N1CCCc2ccccc21. The predicted octanol–water partition coefficient (Wildman–Crippen LogP) is 0.643. The molecule has 0 fully saturated rings. The highest BCUT2D eigenvalue weighted by molar-refractivity contribution is 7.90. The lowest BCUT2D eigenvalue weighted by Gasteiger charge is -2.28. The summed E-state index contributed by atoms with van der Waals surface area (Å²) in [6.07, 6.45) is 1.75. The normalized spacial score (nSPS) is 16.5. The molecule has 76 valence electrons. The standard InChI is InChI=1S/C9H12N2O2S/c10-14(12,13)11-7-3-5-8-4-1-2-6-9(8)11/h1-2,4,6H,3,5,7H2,(H2,10,12,13). The predicted molar refractivity (Wildman–Crippen MR) is 55.2 cm³/mol. The second kappa shape index (κ2) is 3.25. The van der Waals surface area contributed by atoms with E-state index in [0.717, 1.165) is 24.1 Å². The Hall–Kier alpha value is -1.07. The van der Waals surface area contributed by atoms with Crippen LogP contribution >= 0.6 is 0 Å². The summed E-state index contributed by atoms with van der Waals surface area (Å²) in [6.45, 7) is 0.482. The zero-order chi connectivity index (χ0) is 10.2. The minimum atomic E-state index is -3.61. The van der Waals surface area contributed by atoms with E-state index in [1.165, 1.54) is 4.31 Å². The molecule has 14 heavy (non-hydrogen) atoms. The molecule has 0 aromatic heterocycles. The molecule has 5 heteroatoms. The molecule has 2 rings (SSSR count). The van der Waals surface area contributed by atoms with Gasteiger partial charge in [0.15, 0.2) is 0 Å². The first-order chi connectivity index (χ1) is 6.59. The molecule has 0 bridgehead atoms. The fraction of sp³-hybridized carbons (Fsp3) is 0.333. The molecule has 0 atom stereocenters. The lowest BCUT2D eigenvalue weighted by molar-refractivity contribution is 0.588. The highest BCUT2D eigenvalue weighted by atomic mass is 32.2. The van der Waals surface area contributed by atoms with Gasteiger partial charge in [-0.15, -0.1) is 0 Å². The molecule has 2 N–H and O–H groups in total. The van der Waals surface area contributed by atoms with Crippen molar-refractivity contribution in [3.05, 3.63) is 29.8 Å². The van der Waals surface area contributed by atoms with E-state index in [1.54, 1.807) is 6.07 Å². The van der Waals surface area contributed by atoms with E-state index in [4.69, 9.17) is 5.14 Å². The molecule has 0 spiro atoms. The van der Waals surface area contributed by atoms with Crippen LogP contribution in [-0.2, 0) is 16.6 Å². The van der Waals surface area contributed by atoms with E-state index in [0.29, 0.717) is 6.54 Å². The summed E-state index contributed by atoms with van der Waals surface area (Å²) in [7, 11) is -3.61. The first kappa shape index (κ1) is 9.48. The number of rotatable bonds is 1. The Balaban J connectivity index is 2.51. The zero-order valence-electron chi connectivity index (χ0n) is 7.68. The van der Waals surface area contributed by atoms with Crippen molar-refractivity contribution in [2.24, 2.45) is 5.14 Å². The molecule has 0 aliphatic carbocycles. The lowest BCUT2D eigenvalue weighted by atomic mass is 10.0. The quantitative estimate of drug-likeness (QED) is 0.742. The zero-order valence-corrected chi connectivity index (χ0v) is 8.50. The Morgan fingerprint density at radius 3 is 2.71 bits per heavy atom. The maximum atomic E-state index is 11.3. The van der Waals surface area contributed by atoms with Gasteiger partial charge in [0, 0.05) is 6.54 Å². The van der Waals surface area contributed by atoms with Crippen molar-refractivity contribution in [1.29, 1.82) is 0 Å². The maximum absolute atomic E-state index is 11.3. The Bertz CT molecular complexity index is 442. The van der Waals surface area contributed by atoms with Crippen molar-refractivity contribution in [1.82, 2.24) is 0 Å². The summed E-state index contributed by atoms with van der Waals surface area (Å²) >= 11 is 0. The molecular weight excluding hydrogens is 200 g/mol. The minimum absolute atomic E-state index is 0.482. The van der Waals surface area contributed by atoms with Crippen molar-refractivity contribution >= 4 is 15.9 Å². The van der Waals surface area contributed by atoms with E-state index >= 15 is 0 Å². The monoisotopic (exact) mass is 212 g/mol. The fourth-order valence-electron chi connectivity index (χ4n) is 1.76. The van der Waals surface area contributed by atoms with E-state index in [-0.39, 0.29) is 0 Å². The molecule has 0 saturated carbocycles. The number of benzene rings is 1. The molecule has 4 nitrogen and oxygen atoms in total. The first-order valence-corrected chi connectivity index (χ1v) is 5.98. The summed E-state index contributed by atoms with van der Waals surface area (Å²) in [6, 6.07) is 7.46. The van der Waals surface area contributed by atoms with Gasteiger partial charge in [0.05, 0.1) is 5.69 Å². The average Bonchev–Trinajstić information content (AvgIpc) is 2.15. The first-order valence-electron chi connectivity index (χ1n) is 4.47. The van der Waals surface area contributed by atoms with E-state index in [9.17, 15) is 8.42 Å². The molecule has 0 unspecified atom stereocenters. The maximum Gasteiger partial charge on any atom is 0.299 e. The smallest absolute Gasteiger partial charge is 0.258 e. The Kier molecular flexibility index (Phi) is 2.20. The van der Waals surface area contributed by atoms with Crippen LogP contribution in [0.5, 0.6) is 0 Å². The van der Waals surface area contributed by atoms with Gasteiger partial charge in [0.25, 0.3) is 10.2 Å². The van der Waals surface area contributed by atoms with Gasteiger partial charge in [-0.1, -0.05) is 18.2 Å². The summed E-state index contributed by atoms with van der Waals surface area (Å²) in [5.41, 5.74) is 1.77. The Morgan fingerprint density at radius 1 is 1.29 bits per heavy atom. The number of nitrogens with zero attached hydrogens (tertiary/aromatic N) is 1. The van der Waals surface area contributed by atoms with Crippen LogP contribution in [0.1, 0.15) is 12.0 Å². The molecule has 1 heterocycles. The van der Waals surface area contributed by atoms with E-state index < -0.39 is 10.2 Å². The Morgan fingerprint density at radius 2 is 2.00 bits per heavy atom. The van der Waals surface area contributed by atoms with Crippen LogP contribution in [0, 0.1) is 0 Å². The molecule has 1 aliphatic heterocycles. The van der Waals surface area contributed by atoms with Crippen molar-refractivity contribution < 1.29 is 8.42 Å². The second-order valence-electron chi connectivity index (χ2n) is 3.35. The number of nitrogens with two attached hydrogens (primary N) is 1. The van der Waals surface area contributed by atoms with Crippen LogP contribution in [0.25, 0.3) is 0 Å². The molecule has 1 aromatic carbocycles. The number of fused-ring (bicyclic) bond motifs is 1. The van der Waals surface area contributed by atoms with Crippen molar-refractivity contribution in [2.45, 2.75) is 12.8 Å². The second-order valence-corrected chi connectivity index (χ2v) is 4.82. The van der Waals surface area contributed by atoms with Gasteiger partial charge in [-0.2, -0.15) is 8.42 Å². The topological polar surface area (TPSA) is 63.4 Å². The van der Waals surface area contributed by atoms with Gasteiger partial charge >= 0.3 is 0 Å². The van der Waals surface area contributed by atoms with Gasteiger partial charge in [0.2, 0.25) is 0 Å². The van der Waals surface area contributed by atoms with Gasteiger partial charge in [-0.25, -0.2) is 5.14 Å². The van der Waals surface area contributed by atoms with Gasteiger partial charge in [0.1, 0.15) is 0 Å². The van der Waals surface area contributed by atoms with Crippen LogP contribution in [-0.4, -0.2) is 15.0 Å². The van der Waals surface area contributed by atoms with Crippen molar-refractivity contribution in [3.63, 3.8) is 0 Å². The number of hydrogen-bond donors (Lipinski definition) is 1. The van der Waals surface area contributed by atoms with Crippen LogP contribution in [0.2, 0.25) is 0 Å². The fourth-order valence-corrected chi connectivity index (χ4v) is 2.60. The van der Waals surface area contributed by atoms with Gasteiger partial charge < -0.3 is 0 Å². The van der Waals surface area contributed by atoms with Crippen LogP contribution in [0.4, 0.5) is 5.69 Å². The minimum Gasteiger partial charge on any atom is -0.258 e. The van der Waals surface area contributed by atoms with Crippen molar-refractivity contribution in [2.75, 3.05) is 10.8 Å². The third-order valence-corrected chi connectivity index (χ3v) is 3.37. The summed E-state index contributed by atoms with van der Waals surface area (Å²) < 4.78 is 23.8. The number of aryl methyl sites for hydroxylation is 1. The largest absolute Gasteiger partial charge is 0.299 e. The van der Waals surface area contributed by atoms with Gasteiger partial charge in [-0.05, 0) is 24.5 Å². The average molecular weight is 212 g/mol. The number of anilines is 1.